The molecule has 0 N–H and O–H groups in total. The SMILES string of the molecule is CCc1c(F)ccc(C(F)(F)F)c1Cl. The standard InChI is InChI=1S/C9H7ClF4/c1-2-5-7(11)4-3-6(8(5)10)9(12,13)14/h3-4H,2H2,1H3. The Labute approximate surface area is 83.5 Å². The minimum absolute atomic E-state index is 0.0958. The maximum Gasteiger partial charge on any atom is 0.417 e. The van der Waals surface area contributed by atoms with Gasteiger partial charge in [-0.25, -0.2) is 4.39 Å². The van der Waals surface area contributed by atoms with E-state index in [2.05, 4.69) is 0 Å². The van der Waals surface area contributed by atoms with Gasteiger partial charge in [0.05, 0.1) is 10.6 Å². The predicted octanol–water partition coefficient (Wildman–Crippen LogP) is 4.06. The van der Waals surface area contributed by atoms with Crippen LogP contribution in [0.3, 0.4) is 0 Å². The Hall–Kier alpha value is -0.770. The Morgan fingerprint density at radius 3 is 2.29 bits per heavy atom. The second kappa shape index (κ2) is 3.77. The van der Waals surface area contributed by atoms with E-state index in [1.54, 1.807) is 6.92 Å². The first kappa shape index (κ1) is 11.3. The summed E-state index contributed by atoms with van der Waals surface area (Å²) in [7, 11) is 0. The largest absolute Gasteiger partial charge is 0.417 e. The molecule has 0 aliphatic carbocycles. The lowest BCUT2D eigenvalue weighted by atomic mass is 10.1. The molecule has 5 heteroatoms. The molecule has 0 heterocycles. The van der Waals surface area contributed by atoms with Gasteiger partial charge >= 0.3 is 6.18 Å². The summed E-state index contributed by atoms with van der Waals surface area (Å²) in [6.07, 6.45) is -4.40. The molecule has 0 spiro atoms. The summed E-state index contributed by atoms with van der Waals surface area (Å²) in [5.41, 5.74) is -1.08. The fourth-order valence-corrected chi connectivity index (χ4v) is 1.53. The molecule has 0 saturated heterocycles. The van der Waals surface area contributed by atoms with E-state index in [0.717, 1.165) is 6.07 Å². The van der Waals surface area contributed by atoms with Crippen molar-refractivity contribution in [2.75, 3.05) is 0 Å². The average Bonchev–Trinajstić information content (AvgIpc) is 2.02. The molecule has 0 bridgehead atoms. The zero-order chi connectivity index (χ0) is 10.9. The van der Waals surface area contributed by atoms with Crippen molar-refractivity contribution in [1.82, 2.24) is 0 Å². The van der Waals surface area contributed by atoms with Gasteiger partial charge in [0.2, 0.25) is 0 Å². The van der Waals surface area contributed by atoms with Gasteiger partial charge in [0.1, 0.15) is 5.82 Å². The summed E-state index contributed by atoms with van der Waals surface area (Å²) in [5.74, 6) is -0.703. The van der Waals surface area contributed by atoms with Crippen molar-refractivity contribution in [3.05, 3.63) is 34.1 Å². The molecular weight excluding hydrogens is 220 g/mol. The van der Waals surface area contributed by atoms with E-state index in [1.807, 2.05) is 0 Å². The Morgan fingerprint density at radius 1 is 1.29 bits per heavy atom. The molecule has 0 aliphatic rings. The van der Waals surface area contributed by atoms with E-state index in [1.165, 1.54) is 0 Å². The monoisotopic (exact) mass is 226 g/mol. The summed E-state index contributed by atoms with van der Waals surface area (Å²) in [5, 5.41) is -0.542. The lowest BCUT2D eigenvalue weighted by Gasteiger charge is -2.11. The molecule has 1 aromatic carbocycles. The van der Waals surface area contributed by atoms with Crippen molar-refractivity contribution < 1.29 is 17.6 Å². The topological polar surface area (TPSA) is 0 Å². The molecule has 0 nitrogen and oxygen atoms in total. The van der Waals surface area contributed by atoms with Crippen molar-refractivity contribution in [2.24, 2.45) is 0 Å². The van der Waals surface area contributed by atoms with Crippen LogP contribution in [0, 0.1) is 5.82 Å². The van der Waals surface area contributed by atoms with Crippen LogP contribution < -0.4 is 0 Å². The van der Waals surface area contributed by atoms with Crippen LogP contribution in [-0.4, -0.2) is 0 Å². The highest BCUT2D eigenvalue weighted by molar-refractivity contribution is 6.32. The summed E-state index contributed by atoms with van der Waals surface area (Å²) >= 11 is 5.44. The maximum absolute atomic E-state index is 13.0. The molecule has 0 atom stereocenters. The van der Waals surface area contributed by atoms with E-state index >= 15 is 0 Å². The molecule has 78 valence electrons. The lowest BCUT2D eigenvalue weighted by Crippen LogP contribution is -2.08. The van der Waals surface area contributed by atoms with E-state index in [0.29, 0.717) is 6.07 Å². The molecule has 14 heavy (non-hydrogen) atoms. The molecule has 0 aliphatic heterocycles. The molecule has 0 fully saturated rings. The van der Waals surface area contributed by atoms with Crippen molar-refractivity contribution in [3.63, 3.8) is 0 Å². The van der Waals surface area contributed by atoms with Crippen LogP contribution in [0.1, 0.15) is 18.1 Å². The normalized spacial score (nSPS) is 11.9. The second-order valence-electron chi connectivity index (χ2n) is 2.74. The number of hydrogen-bond acceptors (Lipinski definition) is 0. The molecule has 1 aromatic rings. The van der Waals surface area contributed by atoms with E-state index in [9.17, 15) is 17.6 Å². The van der Waals surface area contributed by atoms with Crippen LogP contribution in [0.5, 0.6) is 0 Å². The van der Waals surface area contributed by atoms with Gasteiger partial charge in [-0.1, -0.05) is 18.5 Å². The quantitative estimate of drug-likeness (QED) is 0.634. The first-order chi connectivity index (χ1) is 6.38. The van der Waals surface area contributed by atoms with Gasteiger partial charge < -0.3 is 0 Å². The third-order valence-corrected chi connectivity index (χ3v) is 2.28. The minimum atomic E-state index is -4.53. The summed E-state index contributed by atoms with van der Waals surface area (Å²) < 4.78 is 49.8. The zero-order valence-electron chi connectivity index (χ0n) is 7.25. The zero-order valence-corrected chi connectivity index (χ0v) is 8.01. The van der Waals surface area contributed by atoms with Crippen molar-refractivity contribution in [2.45, 2.75) is 19.5 Å². The van der Waals surface area contributed by atoms with Gasteiger partial charge in [-0.15, -0.1) is 0 Å². The maximum atomic E-state index is 13.0. The molecular formula is C9H7ClF4. The Balaban J connectivity index is 3.36. The van der Waals surface area contributed by atoms with Crippen LogP contribution >= 0.6 is 11.6 Å². The van der Waals surface area contributed by atoms with Crippen molar-refractivity contribution >= 4 is 11.6 Å². The van der Waals surface area contributed by atoms with Crippen LogP contribution in [-0.2, 0) is 12.6 Å². The number of alkyl halides is 3. The van der Waals surface area contributed by atoms with E-state index < -0.39 is 22.6 Å². The van der Waals surface area contributed by atoms with Gasteiger partial charge in [-0.05, 0) is 18.6 Å². The minimum Gasteiger partial charge on any atom is -0.207 e. The third kappa shape index (κ3) is 2.00. The fraction of sp³-hybridized carbons (Fsp3) is 0.333. The van der Waals surface area contributed by atoms with Crippen LogP contribution in [0.2, 0.25) is 5.02 Å². The molecule has 0 unspecified atom stereocenters. The van der Waals surface area contributed by atoms with Crippen LogP contribution in [0.25, 0.3) is 0 Å². The predicted molar refractivity (Wildman–Crippen MR) is 45.8 cm³/mol. The van der Waals surface area contributed by atoms with Gasteiger partial charge in [-0.3, -0.25) is 0 Å². The van der Waals surface area contributed by atoms with Gasteiger partial charge in [0, 0.05) is 5.56 Å². The Morgan fingerprint density at radius 2 is 1.86 bits per heavy atom. The molecule has 0 aromatic heterocycles. The van der Waals surface area contributed by atoms with Gasteiger partial charge in [-0.2, -0.15) is 13.2 Å². The van der Waals surface area contributed by atoms with E-state index in [4.69, 9.17) is 11.6 Å². The summed E-state index contributed by atoms with van der Waals surface area (Å²) in [4.78, 5) is 0. The van der Waals surface area contributed by atoms with Crippen molar-refractivity contribution in [1.29, 1.82) is 0 Å². The number of halogens is 5. The van der Waals surface area contributed by atoms with Crippen molar-refractivity contribution in [3.8, 4) is 0 Å². The highest BCUT2D eigenvalue weighted by Gasteiger charge is 2.34. The van der Waals surface area contributed by atoms with Gasteiger partial charge in [0.15, 0.2) is 0 Å². The average molecular weight is 227 g/mol. The van der Waals surface area contributed by atoms with Crippen LogP contribution in [0.4, 0.5) is 17.6 Å². The summed E-state index contributed by atoms with van der Waals surface area (Å²) in [6.45, 7) is 1.55. The van der Waals surface area contributed by atoms with E-state index in [-0.39, 0.29) is 12.0 Å². The smallest absolute Gasteiger partial charge is 0.207 e. The lowest BCUT2D eigenvalue weighted by molar-refractivity contribution is -0.137. The molecule has 0 radical (unpaired) electrons. The number of rotatable bonds is 1. The Kier molecular flexibility index (Phi) is 3.04. The van der Waals surface area contributed by atoms with Gasteiger partial charge in [0.25, 0.3) is 0 Å². The second-order valence-corrected chi connectivity index (χ2v) is 3.12. The first-order valence-corrected chi connectivity index (χ1v) is 4.29. The highest BCUT2D eigenvalue weighted by atomic mass is 35.5. The number of benzene rings is 1. The molecule has 1 rings (SSSR count). The highest BCUT2D eigenvalue weighted by Crippen LogP contribution is 2.37. The third-order valence-electron chi connectivity index (χ3n) is 1.84. The molecule has 0 amide bonds. The first-order valence-electron chi connectivity index (χ1n) is 3.92. The Bertz CT molecular complexity index is 343. The molecule has 0 saturated carbocycles. The fourth-order valence-electron chi connectivity index (χ4n) is 1.14. The van der Waals surface area contributed by atoms with Crippen LogP contribution in [0.15, 0.2) is 12.1 Å². The number of hydrogen-bond donors (Lipinski definition) is 0. The summed E-state index contributed by atoms with van der Waals surface area (Å²) in [6, 6.07) is 1.43.